The molecule has 18 heavy (non-hydrogen) atoms. The molecule has 0 aromatic heterocycles. The summed E-state index contributed by atoms with van der Waals surface area (Å²) in [4.78, 5) is 1.29. The second kappa shape index (κ2) is 5.96. The maximum Gasteiger partial charge on any atom is 0.0485 e. The standard InChI is InChI=1S/C16H19NS/c1-12-6-4-7-14(10-12)13(2)17-15-8-5-9-16(11-15)18-3/h4-11,13,17H,1-3H3. The SMILES string of the molecule is CSc1cccc(NC(C)c2cccc(C)c2)c1. The normalized spacial score (nSPS) is 12.2. The highest BCUT2D eigenvalue weighted by atomic mass is 32.2. The highest BCUT2D eigenvalue weighted by Gasteiger charge is 2.05. The molecule has 0 amide bonds. The molecular weight excluding hydrogens is 238 g/mol. The monoisotopic (exact) mass is 257 g/mol. The van der Waals surface area contributed by atoms with Gasteiger partial charge in [-0.05, 0) is 43.9 Å². The van der Waals surface area contributed by atoms with Crippen molar-refractivity contribution in [3.63, 3.8) is 0 Å². The van der Waals surface area contributed by atoms with Crippen LogP contribution in [-0.4, -0.2) is 6.26 Å². The molecule has 0 aliphatic rings. The second-order valence-electron chi connectivity index (χ2n) is 4.51. The zero-order valence-electron chi connectivity index (χ0n) is 11.1. The van der Waals surface area contributed by atoms with Crippen LogP contribution >= 0.6 is 11.8 Å². The number of aryl methyl sites for hydroxylation is 1. The van der Waals surface area contributed by atoms with Crippen LogP contribution in [0.15, 0.2) is 53.4 Å². The van der Waals surface area contributed by atoms with Gasteiger partial charge in [-0.2, -0.15) is 0 Å². The Bertz CT molecular complexity index is 522. The first-order valence-electron chi connectivity index (χ1n) is 6.16. The first-order chi connectivity index (χ1) is 8.69. The summed E-state index contributed by atoms with van der Waals surface area (Å²) in [6.45, 7) is 4.32. The largest absolute Gasteiger partial charge is 0.378 e. The molecule has 2 rings (SSSR count). The van der Waals surface area contributed by atoms with Gasteiger partial charge in [-0.15, -0.1) is 11.8 Å². The van der Waals surface area contributed by atoms with Crippen LogP contribution in [0.4, 0.5) is 5.69 Å². The lowest BCUT2D eigenvalue weighted by atomic mass is 10.1. The number of hydrogen-bond donors (Lipinski definition) is 1. The van der Waals surface area contributed by atoms with Crippen LogP contribution in [0.25, 0.3) is 0 Å². The van der Waals surface area contributed by atoms with Crippen LogP contribution in [0.1, 0.15) is 24.1 Å². The fourth-order valence-corrected chi connectivity index (χ4v) is 2.45. The average molecular weight is 257 g/mol. The van der Waals surface area contributed by atoms with E-state index in [2.05, 4.69) is 74.0 Å². The van der Waals surface area contributed by atoms with Crippen molar-refractivity contribution < 1.29 is 0 Å². The first-order valence-corrected chi connectivity index (χ1v) is 7.38. The van der Waals surface area contributed by atoms with Gasteiger partial charge in [0, 0.05) is 16.6 Å². The summed E-state index contributed by atoms with van der Waals surface area (Å²) in [6, 6.07) is 17.5. The lowest BCUT2D eigenvalue weighted by Crippen LogP contribution is -2.06. The van der Waals surface area contributed by atoms with Gasteiger partial charge in [-0.25, -0.2) is 0 Å². The average Bonchev–Trinajstić information content (AvgIpc) is 2.39. The maximum atomic E-state index is 3.55. The van der Waals surface area contributed by atoms with Gasteiger partial charge in [0.1, 0.15) is 0 Å². The van der Waals surface area contributed by atoms with E-state index in [1.165, 1.54) is 21.7 Å². The van der Waals surface area contributed by atoms with Crippen LogP contribution in [-0.2, 0) is 0 Å². The van der Waals surface area contributed by atoms with E-state index in [9.17, 15) is 0 Å². The van der Waals surface area contributed by atoms with Crippen LogP contribution in [0.3, 0.4) is 0 Å². The van der Waals surface area contributed by atoms with Crippen molar-refractivity contribution in [2.45, 2.75) is 24.8 Å². The van der Waals surface area contributed by atoms with E-state index in [-0.39, 0.29) is 0 Å². The quantitative estimate of drug-likeness (QED) is 0.783. The Hall–Kier alpha value is -1.41. The fraction of sp³-hybridized carbons (Fsp3) is 0.250. The van der Waals surface area contributed by atoms with Gasteiger partial charge >= 0.3 is 0 Å². The van der Waals surface area contributed by atoms with Crippen LogP contribution < -0.4 is 5.32 Å². The van der Waals surface area contributed by atoms with Gasteiger partial charge in [-0.3, -0.25) is 0 Å². The lowest BCUT2D eigenvalue weighted by molar-refractivity contribution is 0.882. The van der Waals surface area contributed by atoms with Crippen molar-refractivity contribution in [2.24, 2.45) is 0 Å². The lowest BCUT2D eigenvalue weighted by Gasteiger charge is -2.16. The Balaban J connectivity index is 2.13. The summed E-state index contributed by atoms with van der Waals surface area (Å²) in [5.41, 5.74) is 3.81. The number of hydrogen-bond acceptors (Lipinski definition) is 2. The number of benzene rings is 2. The molecule has 0 fully saturated rings. The number of rotatable bonds is 4. The van der Waals surface area contributed by atoms with Crippen LogP contribution in [0.2, 0.25) is 0 Å². The summed E-state index contributed by atoms with van der Waals surface area (Å²) in [5.74, 6) is 0. The molecule has 2 aromatic rings. The molecule has 0 heterocycles. The minimum atomic E-state index is 0.321. The zero-order chi connectivity index (χ0) is 13.0. The summed E-state index contributed by atoms with van der Waals surface area (Å²) < 4.78 is 0. The molecule has 0 spiro atoms. The Morgan fingerprint density at radius 1 is 1.06 bits per heavy atom. The van der Waals surface area contributed by atoms with Gasteiger partial charge in [0.15, 0.2) is 0 Å². The summed E-state index contributed by atoms with van der Waals surface area (Å²) in [6.07, 6.45) is 2.10. The molecule has 0 saturated heterocycles. The van der Waals surface area contributed by atoms with Gasteiger partial charge in [0.25, 0.3) is 0 Å². The van der Waals surface area contributed by atoms with E-state index in [0.717, 1.165) is 0 Å². The summed E-state index contributed by atoms with van der Waals surface area (Å²) in [7, 11) is 0. The van der Waals surface area contributed by atoms with E-state index in [0.29, 0.717) is 6.04 Å². The molecule has 1 atom stereocenters. The second-order valence-corrected chi connectivity index (χ2v) is 5.39. The van der Waals surface area contributed by atoms with Crippen molar-refractivity contribution in [1.29, 1.82) is 0 Å². The van der Waals surface area contributed by atoms with Gasteiger partial charge in [0.2, 0.25) is 0 Å². The zero-order valence-corrected chi connectivity index (χ0v) is 11.9. The third-order valence-electron chi connectivity index (χ3n) is 3.00. The highest BCUT2D eigenvalue weighted by molar-refractivity contribution is 7.98. The van der Waals surface area contributed by atoms with Gasteiger partial charge in [-0.1, -0.05) is 35.9 Å². The van der Waals surface area contributed by atoms with E-state index in [1.54, 1.807) is 11.8 Å². The molecule has 1 N–H and O–H groups in total. The Kier molecular flexibility index (Phi) is 4.32. The fourth-order valence-electron chi connectivity index (χ4n) is 1.99. The molecule has 0 bridgehead atoms. The van der Waals surface area contributed by atoms with Crippen molar-refractivity contribution in [3.8, 4) is 0 Å². The van der Waals surface area contributed by atoms with Crippen molar-refractivity contribution in [2.75, 3.05) is 11.6 Å². The first kappa shape index (κ1) is 13.0. The Morgan fingerprint density at radius 3 is 2.56 bits per heavy atom. The van der Waals surface area contributed by atoms with Gasteiger partial charge < -0.3 is 5.32 Å². The minimum absolute atomic E-state index is 0.321. The third-order valence-corrected chi connectivity index (χ3v) is 3.72. The van der Waals surface area contributed by atoms with Crippen molar-refractivity contribution in [1.82, 2.24) is 0 Å². The topological polar surface area (TPSA) is 12.0 Å². The minimum Gasteiger partial charge on any atom is -0.378 e. The summed E-state index contributed by atoms with van der Waals surface area (Å²) >= 11 is 1.77. The Morgan fingerprint density at radius 2 is 1.83 bits per heavy atom. The van der Waals surface area contributed by atoms with E-state index in [4.69, 9.17) is 0 Å². The molecule has 2 heteroatoms. The number of anilines is 1. The molecule has 1 nitrogen and oxygen atoms in total. The van der Waals surface area contributed by atoms with Crippen LogP contribution in [0, 0.1) is 6.92 Å². The predicted octanol–water partition coefficient (Wildman–Crippen LogP) is 4.89. The molecule has 94 valence electrons. The predicted molar refractivity (Wildman–Crippen MR) is 81.4 cm³/mol. The highest BCUT2D eigenvalue weighted by Crippen LogP contribution is 2.23. The summed E-state index contributed by atoms with van der Waals surface area (Å²) in [5, 5.41) is 3.55. The maximum absolute atomic E-state index is 3.55. The van der Waals surface area contributed by atoms with E-state index >= 15 is 0 Å². The number of thioether (sulfide) groups is 1. The van der Waals surface area contributed by atoms with Crippen molar-refractivity contribution in [3.05, 3.63) is 59.7 Å². The van der Waals surface area contributed by atoms with Gasteiger partial charge in [0.05, 0.1) is 0 Å². The van der Waals surface area contributed by atoms with Crippen LogP contribution in [0.5, 0.6) is 0 Å². The Labute approximate surface area is 114 Å². The third kappa shape index (κ3) is 3.30. The molecular formula is C16H19NS. The van der Waals surface area contributed by atoms with Crippen molar-refractivity contribution >= 4 is 17.4 Å². The molecule has 0 radical (unpaired) electrons. The number of nitrogens with one attached hydrogen (secondary N) is 1. The molecule has 1 unspecified atom stereocenters. The van der Waals surface area contributed by atoms with E-state index < -0.39 is 0 Å². The molecule has 0 aliphatic heterocycles. The molecule has 0 aliphatic carbocycles. The smallest absolute Gasteiger partial charge is 0.0485 e. The molecule has 2 aromatic carbocycles. The molecule has 0 saturated carbocycles. The van der Waals surface area contributed by atoms with E-state index in [1.807, 2.05) is 0 Å².